The van der Waals surface area contributed by atoms with Crippen molar-refractivity contribution in [3.05, 3.63) is 266 Å². The van der Waals surface area contributed by atoms with Gasteiger partial charge < -0.3 is 0 Å². The summed E-state index contributed by atoms with van der Waals surface area (Å²) in [6.07, 6.45) is -9.18. The molecule has 0 N–H and O–H groups in total. The highest BCUT2D eigenvalue weighted by atomic mass is 19.4. The van der Waals surface area contributed by atoms with Crippen LogP contribution in [0.2, 0.25) is 0 Å². The van der Waals surface area contributed by atoms with Gasteiger partial charge in [0.25, 0.3) is 0 Å². The maximum Gasteiger partial charge on any atom is 0.417 e. The third kappa shape index (κ3) is 6.68. The van der Waals surface area contributed by atoms with Crippen LogP contribution in [0.3, 0.4) is 0 Å². The van der Waals surface area contributed by atoms with Crippen molar-refractivity contribution in [1.29, 1.82) is 0 Å². The number of benzene rings is 15. The monoisotopic (exact) mass is 1090 g/mol. The van der Waals surface area contributed by atoms with Crippen molar-refractivity contribution in [3.8, 4) is 111 Å². The highest BCUT2D eigenvalue weighted by Gasteiger charge is 2.39. The van der Waals surface area contributed by atoms with Crippen LogP contribution < -0.4 is 0 Å². The van der Waals surface area contributed by atoms with Gasteiger partial charge in [-0.1, -0.05) is 243 Å². The molecule has 0 heterocycles. The van der Waals surface area contributed by atoms with Crippen LogP contribution >= 0.6 is 0 Å². The molecule has 0 atom stereocenters. The molecule has 6 heteroatoms. The maximum absolute atomic E-state index is 15.1. The molecule has 0 unspecified atom stereocenters. The highest BCUT2D eigenvalue weighted by Crippen LogP contribution is 2.64. The van der Waals surface area contributed by atoms with E-state index in [2.05, 4.69) is 121 Å². The van der Waals surface area contributed by atoms with Gasteiger partial charge in [-0.2, -0.15) is 26.3 Å². The first-order chi connectivity index (χ1) is 41.0. The second-order valence-electron chi connectivity index (χ2n) is 22.1. The maximum atomic E-state index is 15.1. The van der Waals surface area contributed by atoms with Gasteiger partial charge in [0.05, 0.1) is 11.1 Å². The zero-order valence-electron chi connectivity index (χ0n) is 44.5. The smallest absolute Gasteiger partial charge is 0.166 e. The summed E-state index contributed by atoms with van der Waals surface area (Å²) in [5.41, 5.74) is 15.4. The fraction of sp³-hybridized carbons (Fsp3) is 0.0256. The van der Waals surface area contributed by atoms with Crippen LogP contribution in [0.1, 0.15) is 11.1 Å². The van der Waals surface area contributed by atoms with Crippen LogP contribution in [0.5, 0.6) is 0 Å². The molecule has 0 saturated heterocycles. The van der Waals surface area contributed by atoms with Crippen LogP contribution in [0.15, 0.2) is 255 Å². The largest absolute Gasteiger partial charge is 0.417 e. The van der Waals surface area contributed by atoms with Crippen molar-refractivity contribution in [2.24, 2.45) is 0 Å². The Morgan fingerprint density at radius 1 is 0.167 bits per heavy atom. The van der Waals surface area contributed by atoms with E-state index in [0.717, 1.165) is 143 Å². The van der Waals surface area contributed by atoms with E-state index in [9.17, 15) is 0 Å². The van der Waals surface area contributed by atoms with Crippen molar-refractivity contribution in [3.63, 3.8) is 0 Å². The van der Waals surface area contributed by atoms with Crippen molar-refractivity contribution in [2.75, 3.05) is 0 Å². The average molecular weight is 1090 g/mol. The third-order valence-corrected chi connectivity index (χ3v) is 18.0. The number of fused-ring (bicyclic) bond motifs is 10. The molecule has 0 saturated carbocycles. The van der Waals surface area contributed by atoms with E-state index in [0.29, 0.717) is 22.3 Å². The van der Waals surface area contributed by atoms with E-state index in [1.54, 1.807) is 24.3 Å². The molecule has 84 heavy (non-hydrogen) atoms. The molecule has 0 aliphatic heterocycles. The summed E-state index contributed by atoms with van der Waals surface area (Å²) >= 11 is 0. The SMILES string of the molecule is FC(F)(F)c1ccccc1-c1ccccc1-c1c2c(c(-c3ccccc3)c3ccccc13)-c1ccc3c4ccc5c6c(ccc(c7ccc-2c1c37)c64)-c1c-5c(-c2ccccc2-c2ccccc2C(F)(F)F)c2ccccc2c1-c1ccccc1. The van der Waals surface area contributed by atoms with Gasteiger partial charge in [-0.25, -0.2) is 0 Å². The van der Waals surface area contributed by atoms with Crippen LogP contribution in [0.4, 0.5) is 26.3 Å². The van der Waals surface area contributed by atoms with Crippen molar-refractivity contribution in [2.45, 2.75) is 12.4 Å². The van der Waals surface area contributed by atoms with Gasteiger partial charge in [0, 0.05) is 0 Å². The Bertz CT molecular complexity index is 4970. The zero-order chi connectivity index (χ0) is 56.3. The van der Waals surface area contributed by atoms with Gasteiger partial charge in [0.15, 0.2) is 0 Å². The number of hydrogen-bond acceptors (Lipinski definition) is 0. The van der Waals surface area contributed by atoms with E-state index in [1.807, 2.05) is 84.9 Å². The second kappa shape index (κ2) is 17.6. The molecule has 0 bridgehead atoms. The van der Waals surface area contributed by atoms with E-state index in [1.165, 1.54) is 24.3 Å². The van der Waals surface area contributed by atoms with Crippen LogP contribution in [0.25, 0.3) is 176 Å². The van der Waals surface area contributed by atoms with Crippen LogP contribution in [-0.2, 0) is 12.4 Å². The predicted octanol–water partition coefficient (Wildman–Crippen LogP) is 23.4. The topological polar surface area (TPSA) is 0 Å². The Morgan fingerprint density at radius 2 is 0.429 bits per heavy atom. The van der Waals surface area contributed by atoms with Gasteiger partial charge in [0.1, 0.15) is 0 Å². The van der Waals surface area contributed by atoms with Crippen molar-refractivity contribution >= 4 is 64.6 Å². The number of halogens is 6. The Hall–Kier alpha value is -10.3. The summed E-state index contributed by atoms with van der Waals surface area (Å²) in [6.45, 7) is 0. The molecule has 0 fully saturated rings. The molecule has 0 amide bonds. The average Bonchev–Trinajstić information content (AvgIpc) is 1.54. The fourth-order valence-electron chi connectivity index (χ4n) is 14.8. The van der Waals surface area contributed by atoms with Crippen LogP contribution in [-0.4, -0.2) is 0 Å². The van der Waals surface area contributed by atoms with E-state index < -0.39 is 23.5 Å². The minimum absolute atomic E-state index is 0.119. The van der Waals surface area contributed by atoms with Crippen molar-refractivity contribution in [1.82, 2.24) is 0 Å². The molecule has 15 aromatic carbocycles. The first-order valence-corrected chi connectivity index (χ1v) is 28.1. The molecule has 0 aromatic heterocycles. The summed E-state index contributed by atoms with van der Waals surface area (Å²) in [6, 6.07) is 82.2. The molecule has 2 aliphatic rings. The lowest BCUT2D eigenvalue weighted by Gasteiger charge is -2.23. The first kappa shape index (κ1) is 48.4. The normalized spacial score (nSPS) is 12.6. The number of alkyl halides is 6. The highest BCUT2D eigenvalue weighted by molar-refractivity contribution is 6.42. The van der Waals surface area contributed by atoms with Crippen molar-refractivity contribution < 1.29 is 26.3 Å². The molecular weight excluding hydrogens is 1050 g/mol. The quantitative estimate of drug-likeness (QED) is 0.0884. The Morgan fingerprint density at radius 3 is 0.762 bits per heavy atom. The van der Waals surface area contributed by atoms with Gasteiger partial charge >= 0.3 is 12.4 Å². The summed E-state index contributed by atoms with van der Waals surface area (Å²) in [4.78, 5) is 0. The molecule has 17 rings (SSSR count). The Kier molecular flexibility index (Phi) is 10.1. The second-order valence-corrected chi connectivity index (χ2v) is 22.1. The third-order valence-electron chi connectivity index (χ3n) is 18.0. The van der Waals surface area contributed by atoms with Gasteiger partial charge in [-0.15, -0.1) is 0 Å². The summed E-state index contributed by atoms with van der Waals surface area (Å²) in [5.74, 6) is 0. The lowest BCUT2D eigenvalue weighted by atomic mass is 9.80. The van der Waals surface area contributed by atoms with E-state index in [-0.39, 0.29) is 11.1 Å². The minimum atomic E-state index is -4.59. The Labute approximate surface area is 478 Å². The summed E-state index contributed by atoms with van der Waals surface area (Å²) < 4.78 is 90.3. The molecule has 0 spiro atoms. The molecule has 15 aromatic rings. The first-order valence-electron chi connectivity index (χ1n) is 28.1. The van der Waals surface area contributed by atoms with Gasteiger partial charge in [-0.3, -0.25) is 0 Å². The number of hydrogen-bond donors (Lipinski definition) is 0. The lowest BCUT2D eigenvalue weighted by Crippen LogP contribution is -2.07. The minimum Gasteiger partial charge on any atom is -0.166 e. The number of rotatable bonds is 6. The zero-order valence-corrected chi connectivity index (χ0v) is 44.5. The lowest BCUT2D eigenvalue weighted by molar-refractivity contribution is -0.137. The molecule has 2 aliphatic carbocycles. The van der Waals surface area contributed by atoms with Gasteiger partial charge in [0.2, 0.25) is 0 Å². The summed E-state index contributed by atoms with van der Waals surface area (Å²) in [5, 5.41) is 12.5. The fourth-order valence-corrected chi connectivity index (χ4v) is 14.8. The molecule has 0 radical (unpaired) electrons. The molecule has 0 nitrogen and oxygen atoms in total. The van der Waals surface area contributed by atoms with Crippen LogP contribution in [0, 0.1) is 0 Å². The Balaban J connectivity index is 0.978. The molecular formula is C78H42F6. The summed E-state index contributed by atoms with van der Waals surface area (Å²) in [7, 11) is 0. The van der Waals surface area contributed by atoms with Gasteiger partial charge in [-0.05, 0) is 188 Å². The van der Waals surface area contributed by atoms with E-state index >= 15 is 26.3 Å². The predicted molar refractivity (Wildman–Crippen MR) is 334 cm³/mol. The van der Waals surface area contributed by atoms with E-state index in [4.69, 9.17) is 0 Å². The standard InChI is InChI=1S/C78H42F6/c79-77(80,81)63-33-17-15-25-47(63)45-23-7-9-27-49(45)69-53-31-13-11-29-51(53)65(43-19-3-1-4-20-43)73-59-39-35-55-58-38-42-62-72-60(40-36-56(68(58)72)57-37-41-61(75(69)73)71(59)67(55)57)74-66(44-21-5-2-6-22-44)52-30-12-14-32-54(52)70(76(62)74)50-28-10-8-24-46(50)48-26-16-18-34-64(48)78(82,83)84/h1-42H. The molecule has 396 valence electrons.